The van der Waals surface area contributed by atoms with Gasteiger partial charge in [-0.15, -0.1) is 0 Å². The lowest BCUT2D eigenvalue weighted by atomic mass is 10.1. The van der Waals surface area contributed by atoms with E-state index >= 15 is 0 Å². The third-order valence-electron chi connectivity index (χ3n) is 4.08. The van der Waals surface area contributed by atoms with Crippen LogP contribution in [0.3, 0.4) is 0 Å². The van der Waals surface area contributed by atoms with Crippen LogP contribution >= 0.6 is 0 Å². The van der Waals surface area contributed by atoms with Crippen LogP contribution in [0.15, 0.2) is 36.4 Å². The molecule has 0 atom stereocenters. The quantitative estimate of drug-likeness (QED) is 0.659. The van der Waals surface area contributed by atoms with Gasteiger partial charge in [0.25, 0.3) is 11.8 Å². The molecule has 0 saturated heterocycles. The largest absolute Gasteiger partial charge is 0.494 e. The van der Waals surface area contributed by atoms with E-state index in [0.29, 0.717) is 24.0 Å². The summed E-state index contributed by atoms with van der Waals surface area (Å²) < 4.78 is 29.5. The van der Waals surface area contributed by atoms with E-state index in [2.05, 4.69) is 24.7 Å². The Labute approximate surface area is 169 Å². The van der Waals surface area contributed by atoms with Crippen LogP contribution in [0.2, 0.25) is 0 Å². The molecule has 0 unspecified atom stereocenters. The number of halogens is 1. The highest BCUT2D eigenvalue weighted by atomic mass is 19.1. The van der Waals surface area contributed by atoms with Gasteiger partial charge >= 0.3 is 0 Å². The summed E-state index contributed by atoms with van der Waals surface area (Å²) in [5.41, 5.74) is 4.83. The lowest BCUT2D eigenvalue weighted by molar-refractivity contribution is 0.0846. The number of rotatable bonds is 8. The van der Waals surface area contributed by atoms with Crippen molar-refractivity contribution in [3.05, 3.63) is 53.3 Å². The first kappa shape index (κ1) is 22.0. The number of amides is 2. The number of carbonyl (C=O) groups excluding carboxylic acids is 2. The van der Waals surface area contributed by atoms with Crippen molar-refractivity contribution in [2.24, 2.45) is 5.92 Å². The summed E-state index contributed by atoms with van der Waals surface area (Å²) in [4.78, 5) is 24.4. The van der Waals surface area contributed by atoms with Crippen LogP contribution in [-0.4, -0.2) is 32.6 Å². The first-order valence-corrected chi connectivity index (χ1v) is 9.10. The van der Waals surface area contributed by atoms with Gasteiger partial charge in [-0.3, -0.25) is 20.4 Å². The first-order valence-electron chi connectivity index (χ1n) is 9.10. The van der Waals surface area contributed by atoms with Gasteiger partial charge in [0.15, 0.2) is 23.1 Å². The summed E-state index contributed by atoms with van der Waals surface area (Å²) in [6, 6.07) is 8.44. The Morgan fingerprint density at radius 3 is 1.97 bits per heavy atom. The molecule has 2 amide bonds. The fourth-order valence-electron chi connectivity index (χ4n) is 2.40. The number of hydrogen-bond acceptors (Lipinski definition) is 5. The van der Waals surface area contributed by atoms with Crippen molar-refractivity contribution in [1.29, 1.82) is 0 Å². The fraction of sp³-hybridized carbons (Fsp3) is 0.333. The molecule has 0 aliphatic carbocycles. The topological polar surface area (TPSA) is 85.9 Å². The molecule has 2 rings (SSSR count). The highest BCUT2D eigenvalue weighted by molar-refractivity contribution is 5.99. The number of nitrogens with one attached hydrogen (secondary N) is 2. The molecule has 0 heterocycles. The molecule has 0 aliphatic rings. The van der Waals surface area contributed by atoms with E-state index in [-0.39, 0.29) is 16.9 Å². The third-order valence-corrected chi connectivity index (χ3v) is 4.08. The third kappa shape index (κ3) is 6.10. The zero-order valence-corrected chi connectivity index (χ0v) is 16.9. The lowest BCUT2D eigenvalue weighted by Crippen LogP contribution is -2.41. The highest BCUT2D eigenvalue weighted by Gasteiger charge is 2.14. The molecule has 0 aliphatic heterocycles. The molecular weight excluding hydrogens is 379 g/mol. The van der Waals surface area contributed by atoms with Gasteiger partial charge in [-0.2, -0.15) is 0 Å². The number of methoxy groups -OCH3 is 2. The maximum Gasteiger partial charge on any atom is 0.269 e. The summed E-state index contributed by atoms with van der Waals surface area (Å²) in [6.07, 6.45) is 0.892. The number of benzene rings is 2. The van der Waals surface area contributed by atoms with Crippen LogP contribution in [0, 0.1) is 11.7 Å². The fourth-order valence-corrected chi connectivity index (χ4v) is 2.40. The zero-order valence-electron chi connectivity index (χ0n) is 16.9. The molecule has 0 fully saturated rings. The number of hydrazine groups is 1. The van der Waals surface area contributed by atoms with Crippen molar-refractivity contribution < 1.29 is 28.2 Å². The molecule has 2 N–H and O–H groups in total. The summed E-state index contributed by atoms with van der Waals surface area (Å²) in [5.74, 6) is -0.432. The molecule has 0 radical (unpaired) electrons. The second-order valence-electron chi connectivity index (χ2n) is 6.65. The van der Waals surface area contributed by atoms with Gasteiger partial charge in [-0.05, 0) is 48.7 Å². The Morgan fingerprint density at radius 1 is 0.897 bits per heavy atom. The van der Waals surface area contributed by atoms with Crippen molar-refractivity contribution in [3.63, 3.8) is 0 Å². The normalized spacial score (nSPS) is 10.4. The minimum atomic E-state index is -0.677. The highest BCUT2D eigenvalue weighted by Crippen LogP contribution is 2.28. The van der Waals surface area contributed by atoms with Crippen molar-refractivity contribution in [2.75, 3.05) is 20.8 Å². The van der Waals surface area contributed by atoms with E-state index in [1.807, 2.05) is 0 Å². The Kier molecular flexibility index (Phi) is 7.82. The van der Waals surface area contributed by atoms with E-state index < -0.39 is 17.6 Å². The van der Waals surface area contributed by atoms with E-state index in [1.165, 1.54) is 32.4 Å². The van der Waals surface area contributed by atoms with Gasteiger partial charge in [0.05, 0.1) is 20.8 Å². The van der Waals surface area contributed by atoms with Crippen LogP contribution in [0.25, 0.3) is 0 Å². The van der Waals surface area contributed by atoms with E-state index in [4.69, 9.17) is 14.2 Å². The van der Waals surface area contributed by atoms with E-state index in [1.54, 1.807) is 12.1 Å². The number of ether oxygens (including phenoxy) is 3. The predicted molar refractivity (Wildman–Crippen MR) is 106 cm³/mol. The molecule has 0 saturated carbocycles. The van der Waals surface area contributed by atoms with Crippen LogP contribution in [0.1, 0.15) is 41.0 Å². The van der Waals surface area contributed by atoms with Gasteiger partial charge < -0.3 is 14.2 Å². The maximum atomic E-state index is 13.7. The van der Waals surface area contributed by atoms with Gasteiger partial charge in [0, 0.05) is 11.1 Å². The molecule has 0 bridgehead atoms. The van der Waals surface area contributed by atoms with Gasteiger partial charge in [-0.25, -0.2) is 4.39 Å². The predicted octanol–water partition coefficient (Wildman–Crippen LogP) is 3.34. The maximum absolute atomic E-state index is 13.7. The summed E-state index contributed by atoms with van der Waals surface area (Å²) >= 11 is 0. The molecule has 0 spiro atoms. The smallest absolute Gasteiger partial charge is 0.269 e. The van der Waals surface area contributed by atoms with Gasteiger partial charge in [-0.1, -0.05) is 13.8 Å². The molecular formula is C21H25FN2O5. The van der Waals surface area contributed by atoms with Crippen molar-refractivity contribution in [2.45, 2.75) is 20.3 Å². The van der Waals surface area contributed by atoms with Crippen molar-refractivity contribution in [1.82, 2.24) is 10.9 Å². The van der Waals surface area contributed by atoms with Crippen LogP contribution in [0.5, 0.6) is 17.2 Å². The number of hydrogen-bond donors (Lipinski definition) is 2. The monoisotopic (exact) mass is 404 g/mol. The Morgan fingerprint density at radius 2 is 1.45 bits per heavy atom. The number of carbonyl (C=O) groups is 2. The standard InChI is InChI=1S/C21H25FN2O5/c1-13(2)9-10-29-18-8-6-15(12-19(18)28-4)21(26)24-23-20(25)14-5-7-17(27-3)16(22)11-14/h5-8,11-13H,9-10H2,1-4H3,(H,23,25)(H,24,26). The van der Waals surface area contributed by atoms with E-state index in [0.717, 1.165) is 12.5 Å². The average Bonchev–Trinajstić information content (AvgIpc) is 2.71. The minimum Gasteiger partial charge on any atom is -0.494 e. The second kappa shape index (κ2) is 10.3. The average molecular weight is 404 g/mol. The summed E-state index contributed by atoms with van der Waals surface area (Å²) in [6.45, 7) is 4.74. The molecule has 2 aromatic carbocycles. The Hall–Kier alpha value is -3.29. The van der Waals surface area contributed by atoms with Gasteiger partial charge in [0.1, 0.15) is 0 Å². The Bertz CT molecular complexity index is 870. The Balaban J connectivity index is 1.99. The SMILES string of the molecule is COc1ccc(C(=O)NNC(=O)c2ccc(OCCC(C)C)c(OC)c2)cc1F. The van der Waals surface area contributed by atoms with Crippen LogP contribution in [-0.2, 0) is 0 Å². The van der Waals surface area contributed by atoms with Gasteiger partial charge in [0.2, 0.25) is 0 Å². The minimum absolute atomic E-state index is 0.0217. The van der Waals surface area contributed by atoms with Crippen LogP contribution in [0.4, 0.5) is 4.39 Å². The molecule has 8 heteroatoms. The molecule has 29 heavy (non-hydrogen) atoms. The molecule has 2 aromatic rings. The second-order valence-corrected chi connectivity index (χ2v) is 6.65. The zero-order chi connectivity index (χ0) is 21.4. The van der Waals surface area contributed by atoms with Crippen molar-refractivity contribution >= 4 is 11.8 Å². The molecule has 0 aromatic heterocycles. The summed E-state index contributed by atoms with van der Waals surface area (Å²) in [5, 5.41) is 0. The van der Waals surface area contributed by atoms with E-state index in [9.17, 15) is 14.0 Å². The molecule has 156 valence electrons. The van der Waals surface area contributed by atoms with Crippen molar-refractivity contribution in [3.8, 4) is 17.2 Å². The van der Waals surface area contributed by atoms with Crippen LogP contribution < -0.4 is 25.1 Å². The summed E-state index contributed by atoms with van der Waals surface area (Å²) in [7, 11) is 2.81. The lowest BCUT2D eigenvalue weighted by Gasteiger charge is -2.13. The first-order chi connectivity index (χ1) is 13.8. The molecule has 7 nitrogen and oxygen atoms in total.